The van der Waals surface area contributed by atoms with E-state index in [1.807, 2.05) is 44.2 Å². The number of carbonyl (C=O) groups is 6. The fraction of sp³-hybridized carbons (Fsp3) is 0.469. The van der Waals surface area contributed by atoms with Crippen LogP contribution in [0.3, 0.4) is 0 Å². The van der Waals surface area contributed by atoms with Crippen LogP contribution in [0.1, 0.15) is 110 Å². The minimum Gasteiger partial charge on any atom is -0.465 e. The number of aliphatic hydroxyl groups is 1. The first-order chi connectivity index (χ1) is 38.6. The standard InChI is InChI=1S/C14H20O3.C12H14O4.C12H16O2.C12H10.C8H10O4.C6H7F3O2/c1-9(2)12(15)17-14-6-10-3-11(7-14)5-13(16,4-10)8-14;1-5(2)11(13)15-9-6-3-7-8(4-6)12(14)16-10(7)9;1-4-11-6-8-12(9-7-11)14-10(3)13-5-2;1-2-10-7-8-11-5-3-4-6-12(11)9-10;1-5(2)7(9)12-6-3-4-11-8(6)10;1-4(2)5(10)11-3-6(7,8)9/h10-11,16H,1,3-8H2,2H3;6-10H,1,3-4H2,2H3;4,6-10H,1,5H2,2-3H3;2-9H,1H2;6H,1,3-4H2,2H3;1,3H2,2H3. The third-order valence-corrected chi connectivity index (χ3v) is 14.7. The van der Waals surface area contributed by atoms with Crippen molar-refractivity contribution < 1.29 is 84.9 Å². The highest BCUT2D eigenvalue weighted by Gasteiger charge is 2.63. The van der Waals surface area contributed by atoms with E-state index < -0.39 is 48.0 Å². The van der Waals surface area contributed by atoms with Crippen LogP contribution < -0.4 is 4.74 Å². The van der Waals surface area contributed by atoms with Crippen molar-refractivity contribution in [3.05, 3.63) is 140 Å². The molecule has 9 unspecified atom stereocenters. The smallest absolute Gasteiger partial charge is 0.422 e. The van der Waals surface area contributed by atoms with E-state index in [1.54, 1.807) is 19.9 Å². The number of rotatable bonds is 14. The van der Waals surface area contributed by atoms with Crippen molar-refractivity contribution in [1.29, 1.82) is 0 Å². The van der Waals surface area contributed by atoms with Gasteiger partial charge in [-0.1, -0.05) is 100 Å². The molecular formula is C64H77F3O15. The minimum absolute atomic E-state index is 0.0470. The molecule has 18 heteroatoms. The lowest BCUT2D eigenvalue weighted by molar-refractivity contribution is -0.217. The summed E-state index contributed by atoms with van der Waals surface area (Å²) in [5.41, 5.74) is 2.38. The Labute approximate surface area is 478 Å². The number of hydrogen-bond donors (Lipinski definition) is 1. The number of alkyl halides is 3. The normalized spacial score (nSPS) is 26.4. The maximum Gasteiger partial charge on any atom is 0.422 e. The summed E-state index contributed by atoms with van der Waals surface area (Å²) in [6.07, 6.45) is 5.55. The molecule has 8 fully saturated rings. The van der Waals surface area contributed by atoms with Crippen LogP contribution in [0.2, 0.25) is 0 Å². The molecule has 6 bridgehead atoms. The largest absolute Gasteiger partial charge is 0.465 e. The molecule has 82 heavy (non-hydrogen) atoms. The predicted molar refractivity (Wildman–Crippen MR) is 302 cm³/mol. The second kappa shape index (κ2) is 29.1. The van der Waals surface area contributed by atoms with E-state index in [-0.39, 0.29) is 59.4 Å². The third kappa shape index (κ3) is 18.9. The Bertz CT molecular complexity index is 2840. The van der Waals surface area contributed by atoms with E-state index in [2.05, 4.69) is 91.4 Å². The monoisotopic (exact) mass is 1140 g/mol. The topological polar surface area (TPSA) is 196 Å². The molecule has 0 spiro atoms. The summed E-state index contributed by atoms with van der Waals surface area (Å²) < 4.78 is 74.4. The lowest BCUT2D eigenvalue weighted by Crippen LogP contribution is -2.60. The molecule has 3 aromatic rings. The Morgan fingerprint density at radius 3 is 1.84 bits per heavy atom. The van der Waals surface area contributed by atoms with Crippen molar-refractivity contribution in [3.8, 4) is 5.75 Å². The number of ether oxygens (including phenoxy) is 8. The molecule has 0 aromatic heterocycles. The van der Waals surface area contributed by atoms with Gasteiger partial charge in [-0.15, -0.1) is 0 Å². The lowest BCUT2D eigenvalue weighted by Gasteiger charge is -2.59. The van der Waals surface area contributed by atoms with Crippen molar-refractivity contribution in [2.75, 3.05) is 19.8 Å². The van der Waals surface area contributed by atoms with Crippen LogP contribution >= 0.6 is 0 Å². The van der Waals surface area contributed by atoms with Gasteiger partial charge in [0.1, 0.15) is 23.6 Å². The Hall–Kier alpha value is -7.31. The van der Waals surface area contributed by atoms with Crippen molar-refractivity contribution in [1.82, 2.24) is 0 Å². The number of hydrogen-bond acceptors (Lipinski definition) is 15. The molecule has 11 rings (SSSR count). The molecule has 0 amide bonds. The first-order valence-corrected chi connectivity index (χ1v) is 27.3. The predicted octanol–water partition coefficient (Wildman–Crippen LogP) is 11.9. The van der Waals surface area contributed by atoms with E-state index in [1.165, 1.54) is 36.6 Å². The van der Waals surface area contributed by atoms with Gasteiger partial charge in [0.25, 0.3) is 0 Å². The van der Waals surface area contributed by atoms with Gasteiger partial charge in [-0.05, 0) is 138 Å². The summed E-state index contributed by atoms with van der Waals surface area (Å²) in [6, 6.07) is 22.4. The highest BCUT2D eigenvalue weighted by molar-refractivity contribution is 5.90. The van der Waals surface area contributed by atoms with Gasteiger partial charge in [-0.2, -0.15) is 13.2 Å². The zero-order chi connectivity index (χ0) is 60.7. The molecule has 444 valence electrons. The van der Waals surface area contributed by atoms with E-state index in [4.69, 9.17) is 28.4 Å². The number of carbonyl (C=O) groups excluding carboxylic acids is 6. The second-order valence-corrected chi connectivity index (χ2v) is 21.9. The molecule has 2 saturated heterocycles. The number of halogens is 3. The van der Waals surface area contributed by atoms with E-state index >= 15 is 0 Å². The van der Waals surface area contributed by atoms with Crippen LogP contribution in [0.5, 0.6) is 5.75 Å². The van der Waals surface area contributed by atoms with Gasteiger partial charge in [0.15, 0.2) is 12.9 Å². The Balaban J connectivity index is 0.000000182. The van der Waals surface area contributed by atoms with E-state index in [0.29, 0.717) is 55.0 Å². The summed E-state index contributed by atoms with van der Waals surface area (Å²) >= 11 is 0. The minimum atomic E-state index is -4.47. The van der Waals surface area contributed by atoms with Crippen molar-refractivity contribution in [2.45, 2.75) is 141 Å². The Morgan fingerprint density at radius 1 is 0.744 bits per heavy atom. The molecule has 1 N–H and O–H groups in total. The first kappa shape index (κ1) is 65.5. The van der Waals surface area contributed by atoms with E-state index in [9.17, 15) is 47.0 Å². The van der Waals surface area contributed by atoms with Gasteiger partial charge < -0.3 is 43.0 Å². The van der Waals surface area contributed by atoms with Crippen LogP contribution in [0.15, 0.2) is 128 Å². The average Bonchev–Trinajstić information content (AvgIpc) is 1.47. The van der Waals surface area contributed by atoms with Crippen LogP contribution in [-0.2, 0) is 61.9 Å². The lowest BCUT2D eigenvalue weighted by atomic mass is 9.52. The van der Waals surface area contributed by atoms with Crippen molar-refractivity contribution in [2.24, 2.45) is 29.6 Å². The fourth-order valence-electron chi connectivity index (χ4n) is 11.4. The zero-order valence-corrected chi connectivity index (χ0v) is 47.7. The summed E-state index contributed by atoms with van der Waals surface area (Å²) in [4.78, 5) is 66.8. The van der Waals surface area contributed by atoms with Gasteiger partial charge in [0.2, 0.25) is 6.10 Å². The van der Waals surface area contributed by atoms with Crippen molar-refractivity contribution >= 4 is 58.7 Å². The first-order valence-electron chi connectivity index (χ1n) is 27.3. The Kier molecular flexibility index (Phi) is 23.2. The quantitative estimate of drug-likeness (QED) is 0.0692. The second-order valence-electron chi connectivity index (χ2n) is 21.9. The number of cyclic esters (lactones) is 1. The molecule has 15 nitrogen and oxygen atoms in total. The zero-order valence-electron chi connectivity index (χ0n) is 47.7. The SMILES string of the molecule is C=C(C)C(=O)OC12CC3CC(CC(O)(C3)C1)C2.C=C(C)C(=O)OC1C2CC3C(=O)OC1C3C2.C=C(C)C(=O)OC1CCOC1=O.C=C(C)C(=O)OCC(F)(F)F.C=Cc1ccc(OC(C)OCC)cc1.C=Cc1ccc2ccccc2c1. The van der Waals surface area contributed by atoms with Gasteiger partial charge in [0.05, 0.1) is 18.1 Å². The number of esters is 6. The number of fused-ring (bicyclic) bond motifs is 2. The third-order valence-electron chi connectivity index (χ3n) is 14.7. The van der Waals surface area contributed by atoms with Crippen LogP contribution in [0.4, 0.5) is 13.2 Å². The van der Waals surface area contributed by atoms with Gasteiger partial charge >= 0.3 is 42.0 Å². The van der Waals surface area contributed by atoms with Crippen LogP contribution in [0.25, 0.3) is 22.9 Å². The van der Waals surface area contributed by atoms with Crippen LogP contribution in [-0.4, -0.2) is 103 Å². The summed E-state index contributed by atoms with van der Waals surface area (Å²) in [5.74, 6) is -0.274. The highest BCUT2D eigenvalue weighted by atomic mass is 19.4. The van der Waals surface area contributed by atoms with Crippen LogP contribution in [0, 0.1) is 29.6 Å². The maximum atomic E-state index is 11.7. The molecule has 9 atom stereocenters. The maximum absolute atomic E-state index is 11.7. The molecule has 3 aromatic carbocycles. The van der Waals surface area contributed by atoms with Gasteiger partial charge in [0, 0.05) is 53.6 Å². The molecule has 2 heterocycles. The van der Waals surface area contributed by atoms with Gasteiger partial charge in [-0.3, -0.25) is 4.79 Å². The fourth-order valence-corrected chi connectivity index (χ4v) is 11.4. The summed E-state index contributed by atoms with van der Waals surface area (Å²) in [5, 5.41) is 13.1. The summed E-state index contributed by atoms with van der Waals surface area (Å²) in [7, 11) is 0. The van der Waals surface area contributed by atoms with Crippen molar-refractivity contribution in [3.63, 3.8) is 0 Å². The summed E-state index contributed by atoms with van der Waals surface area (Å²) in [6.45, 7) is 30.5. The molecule has 2 aliphatic heterocycles. The van der Waals surface area contributed by atoms with E-state index in [0.717, 1.165) is 49.8 Å². The highest BCUT2D eigenvalue weighted by Crippen LogP contribution is 2.59. The van der Waals surface area contributed by atoms with Gasteiger partial charge in [-0.25, -0.2) is 24.0 Å². The molecule has 6 saturated carbocycles. The Morgan fingerprint density at radius 2 is 1.32 bits per heavy atom. The molecular weight excluding hydrogens is 1070 g/mol. The number of benzene rings is 3. The average molecular weight is 1140 g/mol. The molecule has 6 aliphatic carbocycles. The molecule has 0 radical (unpaired) electrons. The molecule has 8 aliphatic rings.